The molecular weight excluding hydrogens is 320 g/mol. The average molecular weight is 342 g/mol. The minimum absolute atomic E-state index is 0.00262. The van der Waals surface area contributed by atoms with Gasteiger partial charge in [0.05, 0.1) is 4.88 Å². The van der Waals surface area contributed by atoms with Crippen molar-refractivity contribution in [3.05, 3.63) is 57.8 Å². The van der Waals surface area contributed by atoms with Gasteiger partial charge in [-0.25, -0.2) is 0 Å². The lowest BCUT2D eigenvalue weighted by molar-refractivity contribution is -0.126. The molecule has 2 amide bonds. The smallest absolute Gasteiger partial charge is 0.263 e. The van der Waals surface area contributed by atoms with E-state index in [1.54, 1.807) is 0 Å². The fourth-order valence-corrected chi connectivity index (χ4v) is 3.81. The summed E-state index contributed by atoms with van der Waals surface area (Å²) in [5, 5.41) is 3.01. The van der Waals surface area contributed by atoms with Crippen molar-refractivity contribution in [3.8, 4) is 0 Å². The molecule has 1 aliphatic heterocycles. The second-order valence-corrected chi connectivity index (χ2v) is 7.47. The van der Waals surface area contributed by atoms with E-state index in [9.17, 15) is 9.59 Å². The summed E-state index contributed by atoms with van der Waals surface area (Å²) in [5.74, 6) is 0.192. The number of nitrogens with zero attached hydrogens (tertiary/aromatic N) is 1. The average Bonchev–Trinajstić information content (AvgIpc) is 3.06. The molecule has 1 aliphatic rings. The van der Waals surface area contributed by atoms with E-state index < -0.39 is 0 Å². The second-order valence-electron chi connectivity index (χ2n) is 6.18. The number of nitrogens with one attached hydrogen (secondary N) is 1. The molecule has 2 aromatic rings. The van der Waals surface area contributed by atoms with Gasteiger partial charge in [0.15, 0.2) is 0 Å². The van der Waals surface area contributed by atoms with Gasteiger partial charge in [-0.2, -0.15) is 0 Å². The summed E-state index contributed by atoms with van der Waals surface area (Å²) in [5.41, 5.74) is 1.10. The quantitative estimate of drug-likeness (QED) is 0.927. The Labute approximate surface area is 146 Å². The van der Waals surface area contributed by atoms with Crippen LogP contribution in [-0.4, -0.2) is 29.8 Å². The number of hydrogen-bond acceptors (Lipinski definition) is 3. The molecule has 1 N–H and O–H groups in total. The van der Waals surface area contributed by atoms with E-state index in [2.05, 4.69) is 5.32 Å². The van der Waals surface area contributed by atoms with E-state index in [1.807, 2.05) is 54.3 Å². The molecular formula is C19H22N2O2S. The van der Waals surface area contributed by atoms with Crippen molar-refractivity contribution in [2.45, 2.75) is 26.3 Å². The van der Waals surface area contributed by atoms with Crippen molar-refractivity contribution >= 4 is 23.2 Å². The minimum atomic E-state index is 0.00262. The van der Waals surface area contributed by atoms with Gasteiger partial charge in [-0.05, 0) is 37.5 Å². The number of benzene rings is 1. The first kappa shape index (κ1) is 16.7. The fraction of sp³-hybridized carbons (Fsp3) is 0.368. The standard InChI is InChI=1S/C19H22N2O2S/c1-14-7-8-17(24-14)19(23)21-11-9-16(10-12-21)18(22)20-13-15-5-3-2-4-6-15/h2-8,16H,9-13H2,1H3,(H,20,22). The number of hydrogen-bond donors (Lipinski definition) is 1. The van der Waals surface area contributed by atoms with Gasteiger partial charge in [-0.1, -0.05) is 30.3 Å². The molecule has 1 fully saturated rings. The molecule has 0 spiro atoms. The van der Waals surface area contributed by atoms with Crippen LogP contribution < -0.4 is 5.32 Å². The summed E-state index contributed by atoms with van der Waals surface area (Å²) in [6.07, 6.45) is 1.47. The van der Waals surface area contributed by atoms with Gasteiger partial charge in [0.1, 0.15) is 0 Å². The summed E-state index contributed by atoms with van der Waals surface area (Å²) in [6, 6.07) is 13.8. The maximum absolute atomic E-state index is 12.4. The molecule has 1 aromatic heterocycles. The number of thiophene rings is 1. The number of likely N-dealkylation sites (tertiary alicyclic amines) is 1. The fourth-order valence-electron chi connectivity index (χ4n) is 2.98. The highest BCUT2D eigenvalue weighted by Gasteiger charge is 2.28. The molecule has 0 atom stereocenters. The first-order valence-corrected chi connectivity index (χ1v) is 9.12. The largest absolute Gasteiger partial charge is 0.352 e. The monoisotopic (exact) mass is 342 g/mol. The van der Waals surface area contributed by atoms with Crippen LogP contribution in [0.25, 0.3) is 0 Å². The lowest BCUT2D eigenvalue weighted by atomic mass is 9.95. The molecule has 3 rings (SSSR count). The van der Waals surface area contributed by atoms with E-state index in [0.29, 0.717) is 19.6 Å². The normalized spacial score (nSPS) is 15.3. The number of aryl methyl sites for hydroxylation is 1. The van der Waals surface area contributed by atoms with Crippen LogP contribution in [0, 0.1) is 12.8 Å². The highest BCUT2D eigenvalue weighted by atomic mass is 32.1. The number of piperidine rings is 1. The Morgan fingerprint density at radius 3 is 2.46 bits per heavy atom. The van der Waals surface area contributed by atoms with Gasteiger partial charge in [-0.3, -0.25) is 9.59 Å². The summed E-state index contributed by atoms with van der Waals surface area (Å²) < 4.78 is 0. The van der Waals surface area contributed by atoms with Crippen molar-refractivity contribution in [2.75, 3.05) is 13.1 Å². The highest BCUT2D eigenvalue weighted by molar-refractivity contribution is 7.13. The zero-order valence-corrected chi connectivity index (χ0v) is 14.6. The Bertz CT molecular complexity index is 703. The van der Waals surface area contributed by atoms with Gasteiger partial charge in [-0.15, -0.1) is 11.3 Å². The van der Waals surface area contributed by atoms with Gasteiger partial charge >= 0.3 is 0 Å². The van der Waals surface area contributed by atoms with Crippen molar-refractivity contribution in [3.63, 3.8) is 0 Å². The first-order valence-electron chi connectivity index (χ1n) is 8.31. The molecule has 4 nitrogen and oxygen atoms in total. The number of carbonyl (C=O) groups excluding carboxylic acids is 2. The van der Waals surface area contributed by atoms with Crippen LogP contribution in [0.5, 0.6) is 0 Å². The number of carbonyl (C=O) groups is 2. The van der Waals surface area contributed by atoms with E-state index in [1.165, 1.54) is 11.3 Å². The Morgan fingerprint density at radius 1 is 1.12 bits per heavy atom. The lowest BCUT2D eigenvalue weighted by Crippen LogP contribution is -2.42. The molecule has 24 heavy (non-hydrogen) atoms. The predicted octanol–water partition coefficient (Wildman–Crippen LogP) is 3.23. The van der Waals surface area contributed by atoms with E-state index in [4.69, 9.17) is 0 Å². The van der Waals surface area contributed by atoms with Gasteiger partial charge in [0.2, 0.25) is 5.91 Å². The van der Waals surface area contributed by atoms with Crippen LogP contribution in [0.15, 0.2) is 42.5 Å². The zero-order valence-electron chi connectivity index (χ0n) is 13.8. The van der Waals surface area contributed by atoms with Crippen LogP contribution in [0.2, 0.25) is 0 Å². The molecule has 2 heterocycles. The Morgan fingerprint density at radius 2 is 1.83 bits per heavy atom. The maximum atomic E-state index is 12.4. The molecule has 0 bridgehead atoms. The van der Waals surface area contributed by atoms with Crippen LogP contribution >= 0.6 is 11.3 Å². The molecule has 1 aromatic carbocycles. The summed E-state index contributed by atoms with van der Waals surface area (Å²) in [6.45, 7) is 3.87. The van der Waals surface area contributed by atoms with E-state index in [0.717, 1.165) is 28.2 Å². The molecule has 0 unspecified atom stereocenters. The topological polar surface area (TPSA) is 49.4 Å². The maximum Gasteiger partial charge on any atom is 0.263 e. The summed E-state index contributed by atoms with van der Waals surface area (Å²) in [4.78, 5) is 28.6. The molecule has 0 aliphatic carbocycles. The third-order valence-corrected chi connectivity index (χ3v) is 5.40. The van der Waals surface area contributed by atoms with E-state index in [-0.39, 0.29) is 17.7 Å². The predicted molar refractivity (Wildman–Crippen MR) is 96.0 cm³/mol. The summed E-state index contributed by atoms with van der Waals surface area (Å²) in [7, 11) is 0. The minimum Gasteiger partial charge on any atom is -0.352 e. The third-order valence-electron chi connectivity index (χ3n) is 4.41. The van der Waals surface area contributed by atoms with Crippen molar-refractivity contribution in [1.29, 1.82) is 0 Å². The van der Waals surface area contributed by atoms with Gasteiger partial charge in [0.25, 0.3) is 5.91 Å². The third kappa shape index (κ3) is 4.03. The lowest BCUT2D eigenvalue weighted by Gasteiger charge is -2.31. The van der Waals surface area contributed by atoms with Crippen molar-refractivity contribution in [2.24, 2.45) is 5.92 Å². The molecule has 1 saturated heterocycles. The zero-order chi connectivity index (χ0) is 16.9. The second kappa shape index (κ2) is 7.62. The Balaban J connectivity index is 1.47. The number of rotatable bonds is 4. The first-order chi connectivity index (χ1) is 11.6. The van der Waals surface area contributed by atoms with Crippen LogP contribution in [-0.2, 0) is 11.3 Å². The van der Waals surface area contributed by atoms with Crippen LogP contribution in [0.4, 0.5) is 0 Å². The molecule has 0 radical (unpaired) electrons. The Hall–Kier alpha value is -2.14. The highest BCUT2D eigenvalue weighted by Crippen LogP contribution is 2.22. The molecule has 0 saturated carbocycles. The Kier molecular flexibility index (Phi) is 5.30. The summed E-state index contributed by atoms with van der Waals surface area (Å²) >= 11 is 1.53. The van der Waals surface area contributed by atoms with Gasteiger partial charge in [0, 0.05) is 30.4 Å². The number of amides is 2. The van der Waals surface area contributed by atoms with Crippen molar-refractivity contribution in [1.82, 2.24) is 10.2 Å². The van der Waals surface area contributed by atoms with Crippen LogP contribution in [0.3, 0.4) is 0 Å². The molecule has 5 heteroatoms. The SMILES string of the molecule is Cc1ccc(C(=O)N2CCC(C(=O)NCc3ccccc3)CC2)s1. The van der Waals surface area contributed by atoms with Gasteiger partial charge < -0.3 is 10.2 Å². The van der Waals surface area contributed by atoms with Crippen LogP contribution in [0.1, 0.15) is 33.0 Å². The van der Waals surface area contributed by atoms with Crippen molar-refractivity contribution < 1.29 is 9.59 Å². The molecule has 126 valence electrons. The van der Waals surface area contributed by atoms with E-state index >= 15 is 0 Å².